The molecule has 1 amide bonds. The average molecular weight is 357 g/mol. The molecule has 0 radical (unpaired) electrons. The van der Waals surface area contributed by atoms with Crippen LogP contribution in [0.1, 0.15) is 25.3 Å². The number of halogens is 3. The number of carbonyl (C=O) groups is 1. The number of nitrogens with zero attached hydrogens (tertiary/aromatic N) is 2. The lowest BCUT2D eigenvalue weighted by molar-refractivity contribution is -0.137. The molecular formula is C17H22F3N3O2. The Morgan fingerprint density at radius 1 is 1.52 bits per heavy atom. The van der Waals surface area contributed by atoms with Gasteiger partial charge in [-0.15, -0.1) is 0 Å². The molecule has 5 nitrogen and oxygen atoms in total. The molecule has 2 rings (SSSR count). The van der Waals surface area contributed by atoms with E-state index in [1.54, 1.807) is 4.90 Å². The van der Waals surface area contributed by atoms with E-state index >= 15 is 0 Å². The minimum Gasteiger partial charge on any atom is -0.445 e. The summed E-state index contributed by atoms with van der Waals surface area (Å²) in [5.41, 5.74) is -0.793. The first-order valence-corrected chi connectivity index (χ1v) is 8.14. The molecule has 0 bridgehead atoms. The molecular weight excluding hydrogens is 335 g/mol. The molecule has 0 aromatic carbocycles. The van der Waals surface area contributed by atoms with E-state index < -0.39 is 17.8 Å². The summed E-state index contributed by atoms with van der Waals surface area (Å²) in [4.78, 5) is 17.6. The van der Waals surface area contributed by atoms with Gasteiger partial charge in [-0.25, -0.2) is 9.78 Å². The fourth-order valence-electron chi connectivity index (χ4n) is 2.88. The van der Waals surface area contributed by atoms with Crippen LogP contribution in [0.4, 0.5) is 23.8 Å². The second kappa shape index (κ2) is 8.22. The van der Waals surface area contributed by atoms with Crippen molar-refractivity contribution in [1.82, 2.24) is 9.88 Å². The summed E-state index contributed by atoms with van der Waals surface area (Å²) in [6.07, 6.45) is -0.654. The van der Waals surface area contributed by atoms with Gasteiger partial charge in [-0.1, -0.05) is 19.6 Å². The minimum atomic E-state index is -4.41. The van der Waals surface area contributed by atoms with Crippen LogP contribution >= 0.6 is 0 Å². The fourth-order valence-corrected chi connectivity index (χ4v) is 2.88. The molecule has 0 saturated carbocycles. The third-order valence-electron chi connectivity index (χ3n) is 4.26. The molecule has 0 spiro atoms. The summed E-state index contributed by atoms with van der Waals surface area (Å²) >= 11 is 0. The van der Waals surface area contributed by atoms with E-state index in [9.17, 15) is 18.0 Å². The Labute approximate surface area is 144 Å². The molecule has 2 heterocycles. The molecule has 1 N–H and O–H groups in total. The Morgan fingerprint density at radius 2 is 2.28 bits per heavy atom. The maximum absolute atomic E-state index is 12.6. The molecule has 0 aliphatic carbocycles. The summed E-state index contributed by atoms with van der Waals surface area (Å²) in [7, 11) is 0. The summed E-state index contributed by atoms with van der Waals surface area (Å²) < 4.78 is 42.8. The number of ether oxygens (including phenoxy) is 1. The Kier molecular flexibility index (Phi) is 6.27. The van der Waals surface area contributed by atoms with Crippen LogP contribution in [0.2, 0.25) is 0 Å². The average Bonchev–Trinajstić information content (AvgIpc) is 2.58. The van der Waals surface area contributed by atoms with Crippen molar-refractivity contribution in [3.8, 4) is 0 Å². The highest BCUT2D eigenvalue weighted by Crippen LogP contribution is 2.29. The van der Waals surface area contributed by atoms with E-state index in [1.807, 2.05) is 6.92 Å². The van der Waals surface area contributed by atoms with Gasteiger partial charge in [-0.05, 0) is 30.9 Å². The number of amides is 1. The smallest absolute Gasteiger partial charge is 0.417 e. The molecule has 1 saturated heterocycles. The second-order valence-corrected chi connectivity index (χ2v) is 6.06. The van der Waals surface area contributed by atoms with Crippen LogP contribution in [-0.4, -0.2) is 41.7 Å². The number of piperidine rings is 1. The standard InChI is InChI=1S/C17H22F3N3O2/c1-3-9-25-16(24)23-8-4-5-12(2)14(23)11-22-15-7-6-13(10-21-15)17(18,19)20/h3,6-7,10,12,14H,1,4-5,8-9,11H2,2H3,(H,21,22)/t12-,14-/m0/s1. The van der Waals surface area contributed by atoms with Gasteiger partial charge in [0.05, 0.1) is 11.6 Å². The molecule has 2 atom stereocenters. The zero-order valence-corrected chi connectivity index (χ0v) is 14.1. The third-order valence-corrected chi connectivity index (χ3v) is 4.26. The number of alkyl halides is 3. The number of anilines is 1. The molecule has 1 aromatic heterocycles. The monoisotopic (exact) mass is 357 g/mol. The number of pyridine rings is 1. The Hall–Kier alpha value is -2.25. The predicted molar refractivity (Wildman–Crippen MR) is 88.2 cm³/mol. The Morgan fingerprint density at radius 3 is 2.88 bits per heavy atom. The number of nitrogens with one attached hydrogen (secondary N) is 1. The van der Waals surface area contributed by atoms with E-state index in [-0.39, 0.29) is 18.6 Å². The van der Waals surface area contributed by atoms with Crippen LogP contribution in [-0.2, 0) is 10.9 Å². The van der Waals surface area contributed by atoms with Crippen molar-refractivity contribution in [1.29, 1.82) is 0 Å². The zero-order valence-electron chi connectivity index (χ0n) is 14.1. The van der Waals surface area contributed by atoms with E-state index in [2.05, 4.69) is 16.9 Å². The van der Waals surface area contributed by atoms with Crippen LogP contribution in [0.5, 0.6) is 0 Å². The highest BCUT2D eigenvalue weighted by molar-refractivity contribution is 5.68. The highest BCUT2D eigenvalue weighted by atomic mass is 19.4. The first-order valence-electron chi connectivity index (χ1n) is 8.14. The Balaban J connectivity index is 2.00. The van der Waals surface area contributed by atoms with Gasteiger partial charge in [0.25, 0.3) is 0 Å². The quantitative estimate of drug-likeness (QED) is 0.811. The molecule has 138 valence electrons. The van der Waals surface area contributed by atoms with Crippen molar-refractivity contribution in [2.24, 2.45) is 5.92 Å². The van der Waals surface area contributed by atoms with Crippen molar-refractivity contribution in [3.63, 3.8) is 0 Å². The second-order valence-electron chi connectivity index (χ2n) is 6.06. The van der Waals surface area contributed by atoms with Crippen molar-refractivity contribution < 1.29 is 22.7 Å². The van der Waals surface area contributed by atoms with Gasteiger partial charge in [0.1, 0.15) is 12.4 Å². The predicted octanol–water partition coefficient (Wildman–Crippen LogP) is 3.94. The number of likely N-dealkylation sites (tertiary alicyclic amines) is 1. The number of aromatic nitrogens is 1. The van der Waals surface area contributed by atoms with Gasteiger partial charge in [0.2, 0.25) is 0 Å². The lowest BCUT2D eigenvalue weighted by Crippen LogP contribution is -2.51. The summed E-state index contributed by atoms with van der Waals surface area (Å²) in [6, 6.07) is 2.15. The van der Waals surface area contributed by atoms with Crippen molar-refractivity contribution in [2.75, 3.05) is 25.0 Å². The van der Waals surface area contributed by atoms with E-state index in [0.29, 0.717) is 18.9 Å². The first-order chi connectivity index (χ1) is 11.8. The van der Waals surface area contributed by atoms with Crippen molar-refractivity contribution in [2.45, 2.75) is 32.0 Å². The van der Waals surface area contributed by atoms with Crippen LogP contribution < -0.4 is 5.32 Å². The molecule has 1 aliphatic rings. The number of carbonyl (C=O) groups excluding carboxylic acids is 1. The van der Waals surface area contributed by atoms with Crippen molar-refractivity contribution >= 4 is 11.9 Å². The lowest BCUT2D eigenvalue weighted by Gasteiger charge is -2.39. The maximum atomic E-state index is 12.6. The topological polar surface area (TPSA) is 54.5 Å². The summed E-state index contributed by atoms with van der Waals surface area (Å²) in [6.45, 7) is 6.68. The van der Waals surface area contributed by atoms with Crippen molar-refractivity contribution in [3.05, 3.63) is 36.5 Å². The summed E-state index contributed by atoms with van der Waals surface area (Å²) in [5.74, 6) is 0.581. The van der Waals surface area contributed by atoms with Gasteiger partial charge < -0.3 is 15.0 Å². The maximum Gasteiger partial charge on any atom is 0.417 e. The number of rotatable bonds is 5. The van der Waals surface area contributed by atoms with E-state index in [1.165, 1.54) is 12.1 Å². The molecule has 0 unspecified atom stereocenters. The molecule has 8 heteroatoms. The number of hydrogen-bond donors (Lipinski definition) is 1. The van der Waals surface area contributed by atoms with Crippen LogP contribution in [0.25, 0.3) is 0 Å². The van der Waals surface area contributed by atoms with Crippen LogP contribution in [0, 0.1) is 5.92 Å². The first kappa shape index (κ1) is 19.1. The zero-order chi connectivity index (χ0) is 18.4. The number of hydrogen-bond acceptors (Lipinski definition) is 4. The van der Waals surface area contributed by atoms with Gasteiger partial charge in [0, 0.05) is 19.3 Å². The van der Waals surface area contributed by atoms with Gasteiger partial charge in [0.15, 0.2) is 0 Å². The van der Waals surface area contributed by atoms with Gasteiger partial charge in [-0.3, -0.25) is 0 Å². The largest absolute Gasteiger partial charge is 0.445 e. The fraction of sp³-hybridized carbons (Fsp3) is 0.529. The molecule has 1 fully saturated rings. The van der Waals surface area contributed by atoms with E-state index in [4.69, 9.17) is 4.74 Å². The highest BCUT2D eigenvalue weighted by Gasteiger charge is 2.33. The molecule has 25 heavy (non-hydrogen) atoms. The third kappa shape index (κ3) is 5.11. The van der Waals surface area contributed by atoms with Crippen LogP contribution in [0.15, 0.2) is 31.0 Å². The minimum absolute atomic E-state index is 0.116. The van der Waals surface area contributed by atoms with Gasteiger partial charge >= 0.3 is 12.3 Å². The van der Waals surface area contributed by atoms with Gasteiger partial charge in [-0.2, -0.15) is 13.2 Å². The molecule has 1 aromatic rings. The molecule has 1 aliphatic heterocycles. The lowest BCUT2D eigenvalue weighted by atomic mass is 9.91. The SMILES string of the molecule is C=CCOC(=O)N1CCC[C@H](C)[C@@H]1CNc1ccc(C(F)(F)F)cn1. The van der Waals surface area contributed by atoms with Crippen LogP contribution in [0.3, 0.4) is 0 Å². The Bertz CT molecular complexity index is 590. The normalized spacial score (nSPS) is 20.9. The summed E-state index contributed by atoms with van der Waals surface area (Å²) in [5, 5.41) is 3.02. The van der Waals surface area contributed by atoms with E-state index in [0.717, 1.165) is 25.1 Å².